The van der Waals surface area contributed by atoms with Crippen molar-refractivity contribution in [3.8, 4) is 0 Å². The molecule has 0 aromatic heterocycles. The molecule has 0 radical (unpaired) electrons. The van der Waals surface area contributed by atoms with E-state index in [1.165, 1.54) is 16.7 Å². The molecular formula is C17H30N2O4. The zero-order valence-electron chi connectivity index (χ0n) is 13.6. The lowest BCUT2D eigenvalue weighted by Crippen LogP contribution is -2.39. The van der Waals surface area contributed by atoms with Gasteiger partial charge in [0.2, 0.25) is 23.6 Å². The first kappa shape index (κ1) is 21.3. The molecule has 132 valence electrons. The summed E-state index contributed by atoms with van der Waals surface area (Å²) >= 11 is 0. The van der Waals surface area contributed by atoms with Crippen LogP contribution in [0.2, 0.25) is 0 Å². The molecule has 4 amide bonds. The van der Waals surface area contributed by atoms with Gasteiger partial charge < -0.3 is 0 Å². The Labute approximate surface area is 139 Å². The van der Waals surface area contributed by atoms with Gasteiger partial charge in [0.25, 0.3) is 0 Å². The smallest absolute Gasteiger partial charge is 0.229 e. The van der Waals surface area contributed by atoms with Gasteiger partial charge in [0.05, 0.1) is 0 Å². The van der Waals surface area contributed by atoms with Gasteiger partial charge in [-0.1, -0.05) is 20.8 Å². The van der Waals surface area contributed by atoms with Gasteiger partial charge in [-0.2, -0.15) is 0 Å². The Morgan fingerprint density at radius 3 is 1.87 bits per heavy atom. The summed E-state index contributed by atoms with van der Waals surface area (Å²) < 4.78 is 0. The minimum absolute atomic E-state index is 0. The number of nitrogens with zero attached hydrogens (tertiary/aromatic N) is 2. The van der Waals surface area contributed by atoms with Crippen molar-refractivity contribution in [1.29, 1.82) is 0 Å². The van der Waals surface area contributed by atoms with Gasteiger partial charge in [-0.25, -0.2) is 0 Å². The Bertz CT molecular complexity index is 426. The molecule has 2 fully saturated rings. The van der Waals surface area contributed by atoms with Crippen LogP contribution in [0.5, 0.6) is 0 Å². The van der Waals surface area contributed by atoms with Crippen LogP contribution in [0, 0.1) is 0 Å². The zero-order chi connectivity index (χ0) is 16.5. The van der Waals surface area contributed by atoms with Crippen LogP contribution in [0.15, 0.2) is 0 Å². The zero-order valence-corrected chi connectivity index (χ0v) is 13.6. The summed E-state index contributed by atoms with van der Waals surface area (Å²) in [5.41, 5.74) is 0. The fourth-order valence-electron chi connectivity index (χ4n) is 2.58. The van der Waals surface area contributed by atoms with E-state index in [4.69, 9.17) is 0 Å². The van der Waals surface area contributed by atoms with Crippen LogP contribution < -0.4 is 0 Å². The molecule has 6 nitrogen and oxygen atoms in total. The highest BCUT2D eigenvalue weighted by molar-refractivity contribution is 5.95. The molecule has 0 aromatic rings. The predicted octanol–water partition coefficient (Wildman–Crippen LogP) is 2.51. The molecule has 2 aliphatic rings. The predicted molar refractivity (Wildman–Crippen MR) is 88.5 cm³/mol. The van der Waals surface area contributed by atoms with E-state index in [9.17, 15) is 19.2 Å². The highest BCUT2D eigenvalue weighted by atomic mass is 16.2. The number of carbonyl (C=O) groups is 4. The minimum atomic E-state index is -0.114. The number of piperidine rings is 1. The Hall–Kier alpha value is -1.72. The van der Waals surface area contributed by atoms with Gasteiger partial charge in [0.15, 0.2) is 0 Å². The van der Waals surface area contributed by atoms with Crippen molar-refractivity contribution in [2.24, 2.45) is 0 Å². The number of rotatable bonds is 1. The molecule has 0 saturated carbocycles. The van der Waals surface area contributed by atoms with E-state index >= 15 is 0 Å². The maximum absolute atomic E-state index is 11.2. The number of carbonyl (C=O) groups excluding carboxylic acids is 4. The van der Waals surface area contributed by atoms with Crippen molar-refractivity contribution < 1.29 is 19.2 Å². The standard InChI is InChI=1S/2C8H13NO2.CH4/c1-7(10)9-6-4-2-3-5-8(9)11;1-2-7(10)9-6-4-3-5-8(9)11;/h2*2-6H2,1H3;1H4. The van der Waals surface area contributed by atoms with E-state index in [0.717, 1.165) is 32.1 Å². The first-order valence-electron chi connectivity index (χ1n) is 8.11. The summed E-state index contributed by atoms with van der Waals surface area (Å²) in [6.45, 7) is 4.48. The van der Waals surface area contributed by atoms with Gasteiger partial charge in [-0.3, -0.25) is 29.0 Å². The first-order valence-corrected chi connectivity index (χ1v) is 8.11. The lowest BCUT2D eigenvalue weighted by molar-refractivity contribution is -0.147. The number of hydrogen-bond acceptors (Lipinski definition) is 4. The van der Waals surface area contributed by atoms with Crippen molar-refractivity contribution in [3.05, 3.63) is 0 Å². The van der Waals surface area contributed by atoms with Crippen LogP contribution in [0.4, 0.5) is 0 Å². The monoisotopic (exact) mass is 326 g/mol. The van der Waals surface area contributed by atoms with E-state index in [1.54, 1.807) is 6.92 Å². The summed E-state index contributed by atoms with van der Waals surface area (Å²) in [5.74, 6) is -0.148. The second kappa shape index (κ2) is 10.9. The van der Waals surface area contributed by atoms with E-state index < -0.39 is 0 Å². The van der Waals surface area contributed by atoms with Crippen molar-refractivity contribution in [2.75, 3.05) is 13.1 Å². The quantitative estimate of drug-likeness (QED) is 0.742. The average Bonchev–Trinajstić information content (AvgIpc) is 2.72. The second-order valence-corrected chi connectivity index (χ2v) is 5.62. The largest absolute Gasteiger partial charge is 0.283 e. The molecule has 6 heteroatoms. The lowest BCUT2D eigenvalue weighted by atomic mass is 10.1. The molecule has 0 aliphatic carbocycles. The Morgan fingerprint density at radius 2 is 1.35 bits per heavy atom. The number of likely N-dealkylation sites (tertiary alicyclic amines) is 2. The van der Waals surface area contributed by atoms with Gasteiger partial charge in [-0.15, -0.1) is 0 Å². The SMILES string of the molecule is C.CC(=O)N1CCCCCC1=O.CCC(=O)N1CCCCC1=O. The maximum atomic E-state index is 11.2. The number of amides is 4. The van der Waals surface area contributed by atoms with Crippen LogP contribution in [0.25, 0.3) is 0 Å². The van der Waals surface area contributed by atoms with Crippen molar-refractivity contribution >= 4 is 23.6 Å². The highest BCUT2D eigenvalue weighted by Crippen LogP contribution is 2.11. The third kappa shape index (κ3) is 6.93. The topological polar surface area (TPSA) is 74.8 Å². The third-order valence-electron chi connectivity index (χ3n) is 3.88. The number of imide groups is 2. The van der Waals surface area contributed by atoms with Crippen LogP contribution in [-0.2, 0) is 19.2 Å². The van der Waals surface area contributed by atoms with Crippen molar-refractivity contribution in [2.45, 2.75) is 72.6 Å². The van der Waals surface area contributed by atoms with Crippen molar-refractivity contribution in [1.82, 2.24) is 9.80 Å². The van der Waals surface area contributed by atoms with Gasteiger partial charge in [-0.05, 0) is 25.7 Å². The number of hydrogen-bond donors (Lipinski definition) is 0. The molecule has 0 atom stereocenters. The Kier molecular flexibility index (Phi) is 10.1. The highest BCUT2D eigenvalue weighted by Gasteiger charge is 2.22. The van der Waals surface area contributed by atoms with Crippen molar-refractivity contribution in [3.63, 3.8) is 0 Å². The minimum Gasteiger partial charge on any atom is -0.283 e. The molecule has 0 bridgehead atoms. The summed E-state index contributed by atoms with van der Waals surface area (Å²) in [4.78, 5) is 46.9. The molecule has 0 N–H and O–H groups in total. The molecule has 2 aliphatic heterocycles. The second-order valence-electron chi connectivity index (χ2n) is 5.62. The molecular weight excluding hydrogens is 296 g/mol. The first-order chi connectivity index (χ1) is 10.5. The Morgan fingerprint density at radius 1 is 0.870 bits per heavy atom. The fraction of sp³-hybridized carbons (Fsp3) is 0.765. The average molecular weight is 326 g/mol. The van der Waals surface area contributed by atoms with Gasteiger partial charge in [0, 0.05) is 39.3 Å². The molecule has 0 aromatic carbocycles. The lowest BCUT2D eigenvalue weighted by Gasteiger charge is -2.24. The van der Waals surface area contributed by atoms with Gasteiger partial charge in [0.1, 0.15) is 0 Å². The van der Waals surface area contributed by atoms with E-state index in [-0.39, 0.29) is 31.1 Å². The van der Waals surface area contributed by atoms with Crippen LogP contribution in [-0.4, -0.2) is 46.5 Å². The molecule has 2 saturated heterocycles. The normalized spacial score (nSPS) is 18.3. The molecule has 0 spiro atoms. The fourth-order valence-corrected chi connectivity index (χ4v) is 2.58. The van der Waals surface area contributed by atoms with E-state index in [2.05, 4.69) is 0 Å². The molecule has 2 rings (SSSR count). The van der Waals surface area contributed by atoms with E-state index in [0.29, 0.717) is 32.4 Å². The van der Waals surface area contributed by atoms with Crippen LogP contribution >= 0.6 is 0 Å². The molecule has 2 heterocycles. The molecule has 0 unspecified atom stereocenters. The Balaban J connectivity index is 0.000000403. The summed E-state index contributed by atoms with van der Waals surface area (Å²) in [6, 6.07) is 0. The summed E-state index contributed by atoms with van der Waals surface area (Å²) in [7, 11) is 0. The maximum Gasteiger partial charge on any atom is 0.229 e. The molecule has 23 heavy (non-hydrogen) atoms. The summed E-state index contributed by atoms with van der Waals surface area (Å²) in [5, 5.41) is 0. The van der Waals surface area contributed by atoms with Gasteiger partial charge >= 0.3 is 0 Å². The third-order valence-corrected chi connectivity index (χ3v) is 3.88. The summed E-state index contributed by atoms with van der Waals surface area (Å²) in [6.07, 6.45) is 6.39. The van der Waals surface area contributed by atoms with Crippen LogP contribution in [0.3, 0.4) is 0 Å². The van der Waals surface area contributed by atoms with Crippen LogP contribution in [0.1, 0.15) is 72.6 Å². The van der Waals surface area contributed by atoms with E-state index in [1.807, 2.05) is 0 Å².